The van der Waals surface area contributed by atoms with Crippen molar-refractivity contribution in [3.63, 3.8) is 0 Å². The second kappa shape index (κ2) is 6.49. The minimum atomic E-state index is -0.750. The van der Waals surface area contributed by atoms with E-state index in [1.54, 1.807) is 26.0 Å². The zero-order chi connectivity index (χ0) is 14.5. The first-order valence-corrected chi connectivity index (χ1v) is 6.06. The molecule has 0 amide bonds. The summed E-state index contributed by atoms with van der Waals surface area (Å²) in [5, 5.41) is 20.3. The van der Waals surface area contributed by atoms with Crippen molar-refractivity contribution in [2.24, 2.45) is 0 Å². The van der Waals surface area contributed by atoms with Gasteiger partial charge in [-0.25, -0.2) is 0 Å². The third-order valence-electron chi connectivity index (χ3n) is 2.43. The lowest BCUT2D eigenvalue weighted by Gasteiger charge is -2.25. The molecule has 0 unspecified atom stereocenters. The van der Waals surface area contributed by atoms with Gasteiger partial charge in [-0.2, -0.15) is 0 Å². The van der Waals surface area contributed by atoms with E-state index in [-0.39, 0.29) is 5.69 Å². The molecule has 0 aromatic heterocycles. The van der Waals surface area contributed by atoms with Gasteiger partial charge in [0.15, 0.2) is 0 Å². The van der Waals surface area contributed by atoms with Gasteiger partial charge in [0.05, 0.1) is 16.6 Å². The molecule has 1 rings (SSSR count). The molecule has 6 heteroatoms. The average molecular weight is 268 g/mol. The van der Waals surface area contributed by atoms with Gasteiger partial charge >= 0.3 is 0 Å². The molecule has 1 aromatic carbocycles. The van der Waals surface area contributed by atoms with E-state index in [4.69, 9.17) is 4.74 Å². The van der Waals surface area contributed by atoms with Gasteiger partial charge < -0.3 is 14.7 Å². The Morgan fingerprint density at radius 2 is 2.16 bits per heavy atom. The Morgan fingerprint density at radius 3 is 2.74 bits per heavy atom. The van der Waals surface area contributed by atoms with Crippen LogP contribution in [0.25, 0.3) is 0 Å². The fourth-order valence-corrected chi connectivity index (χ4v) is 1.75. The van der Waals surface area contributed by atoms with Crippen molar-refractivity contribution in [3.8, 4) is 5.75 Å². The number of nitro benzene ring substituents is 1. The molecule has 1 N–H and O–H groups in total. The molecule has 0 aliphatic heterocycles. The molecule has 0 spiro atoms. The maximum Gasteiger partial charge on any atom is 0.273 e. The fourth-order valence-electron chi connectivity index (χ4n) is 1.75. The van der Waals surface area contributed by atoms with E-state index < -0.39 is 10.5 Å². The first kappa shape index (κ1) is 15.4. The van der Waals surface area contributed by atoms with Gasteiger partial charge in [-0.05, 0) is 27.0 Å². The zero-order valence-corrected chi connectivity index (χ0v) is 11.5. The predicted molar refractivity (Wildman–Crippen MR) is 72.4 cm³/mol. The number of likely N-dealkylation sites (N-methyl/N-ethyl adjacent to an activating group) is 1. The number of ether oxygens (including phenoxy) is 1. The molecule has 0 fully saturated rings. The largest absolute Gasteiger partial charge is 0.492 e. The summed E-state index contributed by atoms with van der Waals surface area (Å²) in [6.45, 7) is 5.06. The van der Waals surface area contributed by atoms with Crippen molar-refractivity contribution < 1.29 is 14.8 Å². The van der Waals surface area contributed by atoms with Crippen LogP contribution in [0.4, 0.5) is 5.69 Å². The molecule has 0 aliphatic carbocycles. The summed E-state index contributed by atoms with van der Waals surface area (Å²) in [5.41, 5.74) is -0.734. The molecule has 0 aliphatic rings. The van der Waals surface area contributed by atoms with E-state index in [0.29, 0.717) is 25.4 Å². The van der Waals surface area contributed by atoms with E-state index >= 15 is 0 Å². The number of benzene rings is 1. The summed E-state index contributed by atoms with van der Waals surface area (Å²) in [7, 11) is 1.88. The summed E-state index contributed by atoms with van der Waals surface area (Å²) >= 11 is 0. The van der Waals surface area contributed by atoms with Crippen molar-refractivity contribution in [2.45, 2.75) is 19.4 Å². The molecule has 0 bridgehead atoms. The van der Waals surface area contributed by atoms with Crippen LogP contribution >= 0.6 is 0 Å². The van der Waals surface area contributed by atoms with Gasteiger partial charge in [0, 0.05) is 19.2 Å². The van der Waals surface area contributed by atoms with E-state index in [9.17, 15) is 15.2 Å². The van der Waals surface area contributed by atoms with Gasteiger partial charge in [-0.15, -0.1) is 0 Å². The monoisotopic (exact) mass is 268 g/mol. The summed E-state index contributed by atoms with van der Waals surface area (Å²) in [5.74, 6) is 0.478. The van der Waals surface area contributed by atoms with Gasteiger partial charge in [-0.1, -0.05) is 6.07 Å². The molecule has 1 aromatic rings. The lowest BCUT2D eigenvalue weighted by atomic mass is 10.1. The van der Waals surface area contributed by atoms with Crippen LogP contribution in [0, 0.1) is 10.1 Å². The minimum absolute atomic E-state index is 0.0161. The van der Waals surface area contributed by atoms with Crippen LogP contribution in [-0.4, -0.2) is 47.3 Å². The van der Waals surface area contributed by atoms with Crippen LogP contribution in [0.3, 0.4) is 0 Å². The van der Waals surface area contributed by atoms with Crippen LogP contribution in [0.2, 0.25) is 0 Å². The molecule has 0 saturated carbocycles. The summed E-state index contributed by atoms with van der Waals surface area (Å²) in [6.07, 6.45) is 0. The number of nitrogens with zero attached hydrogens (tertiary/aromatic N) is 2. The average Bonchev–Trinajstić information content (AvgIpc) is 2.27. The minimum Gasteiger partial charge on any atom is -0.492 e. The van der Waals surface area contributed by atoms with Crippen molar-refractivity contribution in [3.05, 3.63) is 34.4 Å². The van der Waals surface area contributed by atoms with E-state index in [1.165, 1.54) is 12.1 Å². The zero-order valence-electron chi connectivity index (χ0n) is 11.5. The van der Waals surface area contributed by atoms with Crippen LogP contribution in [0.1, 0.15) is 13.8 Å². The van der Waals surface area contributed by atoms with Crippen LogP contribution in [0.15, 0.2) is 24.3 Å². The first-order chi connectivity index (χ1) is 8.78. The summed E-state index contributed by atoms with van der Waals surface area (Å²) < 4.78 is 5.45. The smallest absolute Gasteiger partial charge is 0.273 e. The van der Waals surface area contributed by atoms with Crippen LogP contribution in [-0.2, 0) is 0 Å². The van der Waals surface area contributed by atoms with Gasteiger partial charge in [0.25, 0.3) is 5.69 Å². The van der Waals surface area contributed by atoms with Gasteiger partial charge in [0.1, 0.15) is 12.4 Å². The lowest BCUT2D eigenvalue weighted by Crippen LogP contribution is -2.38. The highest BCUT2D eigenvalue weighted by atomic mass is 16.6. The predicted octanol–water partition coefficient (Wildman–Crippen LogP) is 1.68. The second-order valence-corrected chi connectivity index (χ2v) is 5.15. The van der Waals surface area contributed by atoms with Crippen molar-refractivity contribution >= 4 is 5.69 Å². The molecule has 0 radical (unpaired) electrons. The number of hydrogen-bond acceptors (Lipinski definition) is 5. The normalized spacial score (nSPS) is 11.6. The molecule has 106 valence electrons. The lowest BCUT2D eigenvalue weighted by molar-refractivity contribution is -0.384. The Labute approximate surface area is 112 Å². The maximum absolute atomic E-state index is 10.6. The molecule has 0 saturated heterocycles. The molecular weight excluding hydrogens is 248 g/mol. The van der Waals surface area contributed by atoms with Crippen LogP contribution in [0.5, 0.6) is 5.75 Å². The van der Waals surface area contributed by atoms with E-state index in [0.717, 1.165) is 0 Å². The second-order valence-electron chi connectivity index (χ2n) is 5.15. The van der Waals surface area contributed by atoms with Gasteiger partial charge in [0.2, 0.25) is 0 Å². The SMILES string of the molecule is CN(CCOc1cccc([N+](=O)[O-])c1)CC(C)(C)O. The molecule has 19 heavy (non-hydrogen) atoms. The van der Waals surface area contributed by atoms with Crippen molar-refractivity contribution in [1.29, 1.82) is 0 Å². The highest BCUT2D eigenvalue weighted by molar-refractivity contribution is 5.37. The number of nitro groups is 1. The highest BCUT2D eigenvalue weighted by Gasteiger charge is 2.15. The van der Waals surface area contributed by atoms with E-state index in [2.05, 4.69) is 0 Å². The Morgan fingerprint density at radius 1 is 1.47 bits per heavy atom. The topological polar surface area (TPSA) is 75.8 Å². The number of non-ortho nitro benzene ring substituents is 1. The molecular formula is C13H20N2O4. The Balaban J connectivity index is 2.41. The number of aliphatic hydroxyl groups is 1. The standard InChI is InChI=1S/C13H20N2O4/c1-13(2,16)10-14(3)7-8-19-12-6-4-5-11(9-12)15(17)18/h4-6,9,16H,7-8,10H2,1-3H3. The van der Waals surface area contributed by atoms with Gasteiger partial charge in [-0.3, -0.25) is 10.1 Å². The molecule has 6 nitrogen and oxygen atoms in total. The Hall–Kier alpha value is -1.66. The van der Waals surface area contributed by atoms with Crippen molar-refractivity contribution in [1.82, 2.24) is 4.90 Å². The maximum atomic E-state index is 10.6. The van der Waals surface area contributed by atoms with Crippen LogP contribution < -0.4 is 4.74 Å². The Bertz CT molecular complexity index is 429. The van der Waals surface area contributed by atoms with Crippen molar-refractivity contribution in [2.75, 3.05) is 26.7 Å². The third kappa shape index (κ3) is 6.17. The summed E-state index contributed by atoms with van der Waals surface area (Å²) in [4.78, 5) is 12.1. The third-order valence-corrected chi connectivity index (χ3v) is 2.43. The number of rotatable bonds is 7. The van der Waals surface area contributed by atoms with E-state index in [1.807, 2.05) is 11.9 Å². The highest BCUT2D eigenvalue weighted by Crippen LogP contribution is 2.18. The fraction of sp³-hybridized carbons (Fsp3) is 0.538. The number of hydrogen-bond donors (Lipinski definition) is 1. The Kier molecular flexibility index (Phi) is 5.26. The first-order valence-electron chi connectivity index (χ1n) is 6.06. The quantitative estimate of drug-likeness (QED) is 0.601. The summed E-state index contributed by atoms with van der Waals surface area (Å²) in [6, 6.07) is 6.10. The molecule has 0 atom stereocenters. The molecule has 0 heterocycles.